The number of rotatable bonds is 36. The van der Waals surface area contributed by atoms with Crippen LogP contribution in [0.2, 0.25) is 0 Å². The van der Waals surface area contributed by atoms with Gasteiger partial charge in [0.2, 0.25) is 0 Å². The van der Waals surface area contributed by atoms with Gasteiger partial charge in [0.1, 0.15) is 12.7 Å². The highest BCUT2D eigenvalue weighted by Crippen LogP contribution is 2.43. The third kappa shape index (κ3) is 33.3. The van der Waals surface area contributed by atoms with Crippen molar-refractivity contribution >= 4 is 19.8 Å². The molecule has 0 heterocycles. The summed E-state index contributed by atoms with van der Waals surface area (Å²) in [6.07, 6.45) is 26.7. The Morgan fingerprint density at radius 1 is 0.553 bits per heavy atom. The summed E-state index contributed by atoms with van der Waals surface area (Å²) in [5.74, 6) is -0.922. The van der Waals surface area contributed by atoms with Gasteiger partial charge in [0.25, 0.3) is 0 Å². The third-order valence-electron chi connectivity index (χ3n) is 8.26. The molecule has 0 aromatic rings. The minimum absolute atomic E-state index is 0.192. The summed E-state index contributed by atoms with van der Waals surface area (Å²) in [6.45, 7) is 2.34. The van der Waals surface area contributed by atoms with Crippen LogP contribution in [0.1, 0.15) is 181 Å². The molecule has 0 saturated heterocycles. The van der Waals surface area contributed by atoms with Gasteiger partial charge in [-0.25, -0.2) is 4.57 Å². The van der Waals surface area contributed by atoms with Crippen molar-refractivity contribution in [3.63, 3.8) is 0 Å². The third-order valence-corrected chi connectivity index (χ3v) is 9.21. The van der Waals surface area contributed by atoms with E-state index in [1.807, 2.05) is 0 Å². The van der Waals surface area contributed by atoms with Crippen LogP contribution in [0.3, 0.4) is 0 Å². The van der Waals surface area contributed by atoms with E-state index < -0.39 is 51.8 Å². The van der Waals surface area contributed by atoms with Gasteiger partial charge in [-0.05, 0) is 12.8 Å². The molecular formula is C36H71O10P. The Kier molecular flexibility index (Phi) is 32.7. The first-order chi connectivity index (χ1) is 22.7. The summed E-state index contributed by atoms with van der Waals surface area (Å²) in [5, 5.41) is 18.2. The maximum Gasteiger partial charge on any atom is 0.472 e. The normalized spacial score (nSPS) is 14.1. The zero-order chi connectivity index (χ0) is 34.9. The fourth-order valence-corrected chi connectivity index (χ4v) is 6.08. The van der Waals surface area contributed by atoms with E-state index in [1.54, 1.807) is 0 Å². The first-order valence-corrected chi connectivity index (χ1v) is 20.5. The van der Waals surface area contributed by atoms with Gasteiger partial charge in [0, 0.05) is 12.8 Å². The van der Waals surface area contributed by atoms with Crippen molar-refractivity contribution < 1.29 is 47.8 Å². The number of phosphoric ester groups is 1. The zero-order valence-electron chi connectivity index (χ0n) is 30.0. The second-order valence-corrected chi connectivity index (χ2v) is 14.4. The van der Waals surface area contributed by atoms with Crippen LogP contribution in [-0.4, -0.2) is 65.7 Å². The molecule has 0 rings (SSSR count). The average Bonchev–Trinajstić information content (AvgIpc) is 3.05. The molecule has 0 aromatic heterocycles. The number of aliphatic hydroxyl groups excluding tert-OH is 2. The molecule has 0 amide bonds. The summed E-state index contributed by atoms with van der Waals surface area (Å²) in [6, 6.07) is 0. The quantitative estimate of drug-likeness (QED) is 0.0329. The number of esters is 2. The first-order valence-electron chi connectivity index (χ1n) is 19.0. The monoisotopic (exact) mass is 694 g/mol. The smallest absolute Gasteiger partial charge is 0.462 e. The molecule has 0 saturated carbocycles. The van der Waals surface area contributed by atoms with Gasteiger partial charge in [-0.3, -0.25) is 18.6 Å². The molecule has 280 valence electrons. The fourth-order valence-electron chi connectivity index (χ4n) is 5.29. The van der Waals surface area contributed by atoms with E-state index >= 15 is 0 Å². The molecule has 0 aromatic carbocycles. The fraction of sp³-hybridized carbons (Fsp3) is 0.944. The number of hydrogen-bond acceptors (Lipinski definition) is 9. The SMILES string of the molecule is CCCCCCCCCCCCCCCCCCCC(=O)O[C@H](COC(=O)CCCCCCCCC)COP(=O)(O)OC[C@@H](O)CO. The molecule has 1 unspecified atom stereocenters. The van der Waals surface area contributed by atoms with Gasteiger partial charge >= 0.3 is 19.8 Å². The Labute approximate surface area is 286 Å². The molecule has 0 spiro atoms. The van der Waals surface area contributed by atoms with Gasteiger partial charge in [-0.2, -0.15) is 0 Å². The van der Waals surface area contributed by atoms with E-state index in [9.17, 15) is 24.2 Å². The maximum absolute atomic E-state index is 12.5. The molecule has 0 aliphatic carbocycles. The molecule has 3 N–H and O–H groups in total. The minimum atomic E-state index is -4.60. The van der Waals surface area contributed by atoms with Gasteiger partial charge < -0.3 is 24.6 Å². The van der Waals surface area contributed by atoms with E-state index in [2.05, 4.69) is 18.4 Å². The van der Waals surface area contributed by atoms with Gasteiger partial charge in [-0.1, -0.05) is 155 Å². The Morgan fingerprint density at radius 2 is 0.915 bits per heavy atom. The predicted molar refractivity (Wildman–Crippen MR) is 187 cm³/mol. The average molecular weight is 695 g/mol. The standard InChI is InChI=1S/C36H71O10P/c1-3-5-7-9-11-12-13-14-15-16-17-18-19-20-22-24-26-28-36(40)46-34(32-45-47(41,42)44-30-33(38)29-37)31-43-35(39)27-25-23-21-10-8-6-4-2/h33-34,37-38H,3-32H2,1-2H3,(H,41,42)/t33-,34+/m0/s1. The molecule has 3 atom stereocenters. The Bertz CT molecular complexity index is 766. The van der Waals surface area contributed by atoms with E-state index in [1.165, 1.54) is 103 Å². The Balaban J connectivity index is 4.23. The number of ether oxygens (including phenoxy) is 2. The van der Waals surface area contributed by atoms with Gasteiger partial charge in [-0.15, -0.1) is 0 Å². The van der Waals surface area contributed by atoms with Crippen LogP contribution < -0.4 is 0 Å². The highest BCUT2D eigenvalue weighted by Gasteiger charge is 2.27. The highest BCUT2D eigenvalue weighted by molar-refractivity contribution is 7.47. The summed E-state index contributed by atoms with van der Waals surface area (Å²) in [7, 11) is -4.60. The van der Waals surface area contributed by atoms with E-state index in [4.69, 9.17) is 19.1 Å². The molecular weight excluding hydrogens is 623 g/mol. The van der Waals surface area contributed by atoms with E-state index in [0.717, 1.165) is 38.5 Å². The number of carbonyl (C=O) groups is 2. The van der Waals surface area contributed by atoms with Gasteiger partial charge in [0.05, 0.1) is 19.8 Å². The number of unbranched alkanes of at least 4 members (excludes halogenated alkanes) is 22. The lowest BCUT2D eigenvalue weighted by molar-refractivity contribution is -0.161. The number of carbonyl (C=O) groups excluding carboxylic acids is 2. The van der Waals surface area contributed by atoms with E-state index in [-0.39, 0.29) is 19.4 Å². The highest BCUT2D eigenvalue weighted by atomic mass is 31.2. The second kappa shape index (κ2) is 33.5. The summed E-state index contributed by atoms with van der Waals surface area (Å²) < 4.78 is 32.5. The second-order valence-electron chi connectivity index (χ2n) is 13.0. The predicted octanol–water partition coefficient (Wildman–Crippen LogP) is 9.11. The molecule has 0 aliphatic heterocycles. The van der Waals surface area contributed by atoms with Crippen LogP contribution in [0.25, 0.3) is 0 Å². The van der Waals surface area contributed by atoms with E-state index in [0.29, 0.717) is 12.8 Å². The van der Waals surface area contributed by atoms with Crippen molar-refractivity contribution in [2.45, 2.75) is 193 Å². The first kappa shape index (κ1) is 46.0. The number of phosphoric acid groups is 1. The topological polar surface area (TPSA) is 149 Å². The number of hydrogen-bond donors (Lipinski definition) is 3. The van der Waals surface area contributed by atoms with Crippen molar-refractivity contribution in [1.82, 2.24) is 0 Å². The zero-order valence-corrected chi connectivity index (χ0v) is 30.9. The van der Waals surface area contributed by atoms with Crippen LogP contribution >= 0.6 is 7.82 Å². The molecule has 0 aliphatic rings. The number of aliphatic hydroxyl groups is 2. The van der Waals surface area contributed by atoms with Crippen LogP contribution in [0.5, 0.6) is 0 Å². The molecule has 11 heteroatoms. The van der Waals surface area contributed by atoms with Crippen molar-refractivity contribution in [2.24, 2.45) is 0 Å². The lowest BCUT2D eigenvalue weighted by Gasteiger charge is -2.20. The van der Waals surface area contributed by atoms with Crippen LogP contribution in [0, 0.1) is 0 Å². The molecule has 0 radical (unpaired) electrons. The summed E-state index contributed by atoms with van der Waals surface area (Å²) in [4.78, 5) is 34.6. The Morgan fingerprint density at radius 3 is 1.32 bits per heavy atom. The maximum atomic E-state index is 12.5. The van der Waals surface area contributed by atoms with Crippen molar-refractivity contribution in [2.75, 3.05) is 26.4 Å². The summed E-state index contributed by atoms with van der Waals surface area (Å²) in [5.41, 5.74) is 0. The lowest BCUT2D eigenvalue weighted by Crippen LogP contribution is -2.29. The Hall–Kier alpha value is -1.03. The van der Waals surface area contributed by atoms with Crippen molar-refractivity contribution in [3.05, 3.63) is 0 Å². The molecule has 10 nitrogen and oxygen atoms in total. The van der Waals surface area contributed by atoms with Crippen molar-refractivity contribution in [3.8, 4) is 0 Å². The largest absolute Gasteiger partial charge is 0.472 e. The molecule has 0 bridgehead atoms. The van der Waals surface area contributed by atoms with Gasteiger partial charge in [0.15, 0.2) is 6.10 Å². The molecule has 0 fully saturated rings. The summed E-state index contributed by atoms with van der Waals surface area (Å²) >= 11 is 0. The van der Waals surface area contributed by atoms with Crippen LogP contribution in [-0.2, 0) is 32.7 Å². The van der Waals surface area contributed by atoms with Crippen LogP contribution in [0.15, 0.2) is 0 Å². The minimum Gasteiger partial charge on any atom is -0.462 e. The van der Waals surface area contributed by atoms with Crippen LogP contribution in [0.4, 0.5) is 0 Å². The van der Waals surface area contributed by atoms with Crippen molar-refractivity contribution in [1.29, 1.82) is 0 Å². The lowest BCUT2D eigenvalue weighted by atomic mass is 10.0. The molecule has 47 heavy (non-hydrogen) atoms.